The van der Waals surface area contributed by atoms with Crippen molar-refractivity contribution in [2.24, 2.45) is 0 Å². The Bertz CT molecular complexity index is 687. The lowest BCUT2D eigenvalue weighted by atomic mass is 10.2. The lowest BCUT2D eigenvalue weighted by Crippen LogP contribution is -2.19. The highest BCUT2D eigenvalue weighted by molar-refractivity contribution is 5.99. The molecular formula is C16H13FN2O2. The number of hydrogen-bond donors (Lipinski definition) is 3. The van der Waals surface area contributed by atoms with Gasteiger partial charge in [0.1, 0.15) is 12.4 Å². The van der Waals surface area contributed by atoms with E-state index in [1.165, 1.54) is 24.3 Å². The van der Waals surface area contributed by atoms with Crippen LogP contribution in [-0.4, -0.2) is 17.7 Å². The fourth-order valence-corrected chi connectivity index (χ4v) is 1.64. The zero-order chi connectivity index (χ0) is 15.1. The van der Waals surface area contributed by atoms with Crippen molar-refractivity contribution in [3.8, 4) is 11.8 Å². The second kappa shape index (κ2) is 7.08. The van der Waals surface area contributed by atoms with Crippen molar-refractivity contribution in [3.63, 3.8) is 0 Å². The molecule has 0 aliphatic rings. The maximum atomic E-state index is 12.8. The highest BCUT2D eigenvalue weighted by Gasteiger charge is 2.03. The Morgan fingerprint density at radius 3 is 2.52 bits per heavy atom. The molecule has 21 heavy (non-hydrogen) atoms. The quantitative estimate of drug-likeness (QED) is 0.743. The van der Waals surface area contributed by atoms with Crippen LogP contribution in [0.3, 0.4) is 0 Å². The summed E-state index contributed by atoms with van der Waals surface area (Å²) in [6.07, 6.45) is 0. The second-order valence-corrected chi connectivity index (χ2v) is 4.13. The molecule has 0 heterocycles. The van der Waals surface area contributed by atoms with Gasteiger partial charge in [-0.3, -0.25) is 0 Å². The van der Waals surface area contributed by atoms with Crippen LogP contribution < -0.4 is 10.6 Å². The first-order valence-electron chi connectivity index (χ1n) is 6.21. The summed E-state index contributed by atoms with van der Waals surface area (Å²) >= 11 is 0. The highest BCUT2D eigenvalue weighted by atomic mass is 19.1. The van der Waals surface area contributed by atoms with Crippen LogP contribution in [0, 0.1) is 17.7 Å². The van der Waals surface area contributed by atoms with Gasteiger partial charge in [-0.05, 0) is 42.5 Å². The largest absolute Gasteiger partial charge is 0.384 e. The molecule has 3 N–H and O–H groups in total. The number of anilines is 2. The summed E-state index contributed by atoms with van der Waals surface area (Å²) in [5, 5.41) is 13.9. The van der Waals surface area contributed by atoms with E-state index in [-0.39, 0.29) is 12.4 Å². The number of urea groups is 1. The van der Waals surface area contributed by atoms with Crippen LogP contribution in [0.2, 0.25) is 0 Å². The predicted molar refractivity (Wildman–Crippen MR) is 79.4 cm³/mol. The van der Waals surface area contributed by atoms with Crippen LogP contribution in [0.1, 0.15) is 5.56 Å². The number of hydrogen-bond acceptors (Lipinski definition) is 2. The zero-order valence-corrected chi connectivity index (χ0v) is 11.1. The van der Waals surface area contributed by atoms with Gasteiger partial charge in [-0.25, -0.2) is 9.18 Å². The van der Waals surface area contributed by atoms with E-state index in [4.69, 9.17) is 5.11 Å². The van der Waals surface area contributed by atoms with Gasteiger partial charge in [-0.1, -0.05) is 17.9 Å². The van der Waals surface area contributed by atoms with Crippen LogP contribution >= 0.6 is 0 Å². The molecule has 0 atom stereocenters. The zero-order valence-electron chi connectivity index (χ0n) is 11.1. The van der Waals surface area contributed by atoms with Crippen LogP contribution in [-0.2, 0) is 0 Å². The van der Waals surface area contributed by atoms with E-state index in [0.29, 0.717) is 16.9 Å². The molecule has 0 saturated carbocycles. The summed E-state index contributed by atoms with van der Waals surface area (Å²) in [5.41, 5.74) is 1.74. The van der Waals surface area contributed by atoms with Gasteiger partial charge in [0, 0.05) is 16.9 Å². The van der Waals surface area contributed by atoms with Gasteiger partial charge in [0.25, 0.3) is 0 Å². The average Bonchev–Trinajstić information content (AvgIpc) is 2.48. The standard InChI is InChI=1S/C16H13FN2O2/c17-13-6-8-14(9-7-13)18-16(21)19-15-5-1-3-12(11-15)4-2-10-20/h1,3,5-9,11,20H,10H2,(H2,18,19,21). The van der Waals surface area contributed by atoms with E-state index >= 15 is 0 Å². The van der Waals surface area contributed by atoms with Crippen LogP contribution in [0.25, 0.3) is 0 Å². The molecule has 4 nitrogen and oxygen atoms in total. The number of halogens is 1. The number of amides is 2. The molecule has 0 aromatic heterocycles. The molecule has 0 aliphatic carbocycles. The molecule has 2 aromatic rings. The van der Waals surface area contributed by atoms with Gasteiger partial charge >= 0.3 is 6.03 Å². The molecule has 0 aliphatic heterocycles. The number of rotatable bonds is 2. The molecule has 0 spiro atoms. The molecular weight excluding hydrogens is 271 g/mol. The molecule has 2 amide bonds. The Kier molecular flexibility index (Phi) is 4.91. The minimum absolute atomic E-state index is 0.220. The third-order valence-electron chi connectivity index (χ3n) is 2.53. The van der Waals surface area contributed by atoms with Gasteiger partial charge < -0.3 is 15.7 Å². The van der Waals surface area contributed by atoms with Gasteiger partial charge in [-0.15, -0.1) is 0 Å². The van der Waals surface area contributed by atoms with Gasteiger partial charge in [0.05, 0.1) is 0 Å². The molecule has 0 fully saturated rings. The van der Waals surface area contributed by atoms with Crippen molar-refractivity contribution in [1.29, 1.82) is 0 Å². The third kappa shape index (κ3) is 4.64. The average molecular weight is 284 g/mol. The molecule has 2 aromatic carbocycles. The third-order valence-corrected chi connectivity index (χ3v) is 2.53. The second-order valence-electron chi connectivity index (χ2n) is 4.13. The number of aliphatic hydroxyl groups is 1. The monoisotopic (exact) mass is 284 g/mol. The number of benzene rings is 2. The maximum Gasteiger partial charge on any atom is 0.323 e. The Hall–Kier alpha value is -2.84. The first-order valence-corrected chi connectivity index (χ1v) is 6.21. The van der Waals surface area contributed by atoms with Crippen LogP contribution in [0.4, 0.5) is 20.6 Å². The maximum absolute atomic E-state index is 12.8. The molecule has 2 rings (SSSR count). The Morgan fingerprint density at radius 1 is 1.10 bits per heavy atom. The summed E-state index contributed by atoms with van der Waals surface area (Å²) in [4.78, 5) is 11.8. The summed E-state index contributed by atoms with van der Waals surface area (Å²) in [7, 11) is 0. The lowest BCUT2D eigenvalue weighted by molar-refractivity contribution is 0.262. The van der Waals surface area contributed by atoms with Gasteiger partial charge in [0.2, 0.25) is 0 Å². The summed E-state index contributed by atoms with van der Waals surface area (Å²) in [6, 6.07) is 12.0. The Morgan fingerprint density at radius 2 is 1.81 bits per heavy atom. The fraction of sp³-hybridized carbons (Fsp3) is 0.0625. The van der Waals surface area contributed by atoms with Gasteiger partial charge in [0.15, 0.2) is 0 Å². The number of nitrogens with one attached hydrogen (secondary N) is 2. The predicted octanol–water partition coefficient (Wildman–Crippen LogP) is 2.81. The van der Waals surface area contributed by atoms with E-state index < -0.39 is 6.03 Å². The Labute approximate surface area is 121 Å². The van der Waals surface area contributed by atoms with Crippen molar-refractivity contribution < 1.29 is 14.3 Å². The van der Waals surface area contributed by atoms with E-state index in [1.807, 2.05) is 0 Å². The normalized spacial score (nSPS) is 9.43. The number of carbonyl (C=O) groups excluding carboxylic acids is 1. The summed E-state index contributed by atoms with van der Waals surface area (Å²) in [5.74, 6) is 4.92. The van der Waals surface area contributed by atoms with Crippen LogP contribution in [0.5, 0.6) is 0 Å². The summed E-state index contributed by atoms with van der Waals surface area (Å²) in [6.45, 7) is -0.220. The SMILES string of the molecule is O=C(Nc1ccc(F)cc1)Nc1cccc(C#CCO)c1. The minimum atomic E-state index is -0.436. The molecule has 5 heteroatoms. The molecule has 0 bridgehead atoms. The van der Waals surface area contributed by atoms with Crippen molar-refractivity contribution in [3.05, 3.63) is 59.9 Å². The highest BCUT2D eigenvalue weighted by Crippen LogP contribution is 2.12. The molecule has 106 valence electrons. The molecule has 0 unspecified atom stereocenters. The van der Waals surface area contributed by atoms with Crippen molar-refractivity contribution in [2.75, 3.05) is 17.2 Å². The first kappa shape index (κ1) is 14.6. The topological polar surface area (TPSA) is 61.4 Å². The Balaban J connectivity index is 2.00. The molecule has 0 radical (unpaired) electrons. The van der Waals surface area contributed by atoms with Gasteiger partial charge in [-0.2, -0.15) is 0 Å². The smallest absolute Gasteiger partial charge is 0.323 e. The summed E-state index contributed by atoms with van der Waals surface area (Å²) < 4.78 is 12.8. The first-order chi connectivity index (χ1) is 10.2. The minimum Gasteiger partial charge on any atom is -0.384 e. The van der Waals surface area contributed by atoms with Crippen molar-refractivity contribution in [1.82, 2.24) is 0 Å². The van der Waals surface area contributed by atoms with E-state index in [2.05, 4.69) is 22.5 Å². The molecule has 0 saturated heterocycles. The fourth-order valence-electron chi connectivity index (χ4n) is 1.64. The van der Waals surface area contributed by atoms with E-state index in [9.17, 15) is 9.18 Å². The van der Waals surface area contributed by atoms with E-state index in [0.717, 1.165) is 0 Å². The lowest BCUT2D eigenvalue weighted by Gasteiger charge is -2.07. The number of carbonyl (C=O) groups is 1. The van der Waals surface area contributed by atoms with Crippen LogP contribution in [0.15, 0.2) is 48.5 Å². The van der Waals surface area contributed by atoms with Crippen molar-refractivity contribution >= 4 is 17.4 Å². The van der Waals surface area contributed by atoms with E-state index in [1.54, 1.807) is 24.3 Å². The number of aliphatic hydroxyl groups excluding tert-OH is 1. The van der Waals surface area contributed by atoms with Crippen molar-refractivity contribution in [2.45, 2.75) is 0 Å².